The van der Waals surface area contributed by atoms with E-state index in [-0.39, 0.29) is 11.4 Å². The quantitative estimate of drug-likeness (QED) is 0.615. The van der Waals surface area contributed by atoms with E-state index in [2.05, 4.69) is 4.74 Å². The maximum atomic E-state index is 13.8. The molecule has 0 radical (unpaired) electrons. The first-order valence-electron chi connectivity index (χ1n) is 5.82. The molecule has 2 nitrogen and oxygen atoms in total. The fourth-order valence-corrected chi connectivity index (χ4v) is 2.26. The van der Waals surface area contributed by atoms with Crippen LogP contribution in [0.3, 0.4) is 0 Å². The minimum atomic E-state index is -0.440. The number of esters is 1. The predicted octanol–water partition coefficient (Wildman–Crippen LogP) is 4.51. The zero-order valence-electron chi connectivity index (χ0n) is 10.6. The molecule has 0 aliphatic rings. The molecule has 0 bridgehead atoms. The number of benzene rings is 2. The van der Waals surface area contributed by atoms with Crippen molar-refractivity contribution < 1.29 is 13.9 Å². The van der Waals surface area contributed by atoms with E-state index in [0.717, 1.165) is 5.56 Å². The van der Waals surface area contributed by atoms with E-state index in [1.165, 1.54) is 19.2 Å². The van der Waals surface area contributed by atoms with Gasteiger partial charge in [0.1, 0.15) is 5.82 Å². The summed E-state index contributed by atoms with van der Waals surface area (Å²) in [6, 6.07) is 9.44. The molecule has 0 heterocycles. The summed E-state index contributed by atoms with van der Waals surface area (Å²) >= 11 is 11.9. The van der Waals surface area contributed by atoms with Gasteiger partial charge < -0.3 is 4.74 Å². The Labute approximate surface area is 126 Å². The van der Waals surface area contributed by atoms with Crippen molar-refractivity contribution in [1.29, 1.82) is 0 Å². The zero-order valence-corrected chi connectivity index (χ0v) is 12.1. The fourth-order valence-electron chi connectivity index (χ4n) is 1.86. The van der Waals surface area contributed by atoms with Gasteiger partial charge >= 0.3 is 5.97 Å². The first kappa shape index (κ1) is 14.8. The normalized spacial score (nSPS) is 10.4. The van der Waals surface area contributed by atoms with Gasteiger partial charge in [-0.1, -0.05) is 35.3 Å². The first-order chi connectivity index (χ1) is 9.52. The van der Waals surface area contributed by atoms with Gasteiger partial charge in [0.25, 0.3) is 0 Å². The Bertz CT molecular complexity index is 656. The molecule has 0 saturated heterocycles. The lowest BCUT2D eigenvalue weighted by Gasteiger charge is -2.08. The maximum Gasteiger partial charge on any atom is 0.337 e. The Morgan fingerprint density at radius 2 is 2.00 bits per heavy atom. The van der Waals surface area contributed by atoms with Crippen LogP contribution in [-0.4, -0.2) is 13.1 Å². The molecular formula is C15H11Cl2FO2. The van der Waals surface area contributed by atoms with Crippen LogP contribution in [0.25, 0.3) is 0 Å². The van der Waals surface area contributed by atoms with Gasteiger partial charge in [-0.05, 0) is 29.8 Å². The van der Waals surface area contributed by atoms with Crippen molar-refractivity contribution in [2.75, 3.05) is 7.11 Å². The SMILES string of the molecule is COC(=O)c1cccc(Cc2c(F)ccc(Cl)c2Cl)c1. The molecule has 2 aromatic rings. The van der Waals surface area contributed by atoms with Crippen LogP contribution in [-0.2, 0) is 11.2 Å². The predicted molar refractivity (Wildman–Crippen MR) is 77.0 cm³/mol. The molecule has 5 heteroatoms. The van der Waals surface area contributed by atoms with Crippen LogP contribution in [0, 0.1) is 5.82 Å². The van der Waals surface area contributed by atoms with Crippen LogP contribution in [0.4, 0.5) is 4.39 Å². The van der Waals surface area contributed by atoms with Gasteiger partial charge in [-0.25, -0.2) is 9.18 Å². The summed E-state index contributed by atoms with van der Waals surface area (Å²) in [5, 5.41) is 0.488. The molecule has 2 aromatic carbocycles. The van der Waals surface area contributed by atoms with Gasteiger partial charge in [0, 0.05) is 12.0 Å². The lowest BCUT2D eigenvalue weighted by molar-refractivity contribution is 0.0600. The van der Waals surface area contributed by atoms with Crippen LogP contribution < -0.4 is 0 Å². The molecule has 0 aromatic heterocycles. The number of methoxy groups -OCH3 is 1. The minimum absolute atomic E-state index is 0.190. The molecule has 0 aliphatic heterocycles. The van der Waals surface area contributed by atoms with E-state index in [1.807, 2.05) is 0 Å². The fraction of sp³-hybridized carbons (Fsp3) is 0.133. The Kier molecular flexibility index (Phi) is 4.63. The highest BCUT2D eigenvalue weighted by Crippen LogP contribution is 2.29. The van der Waals surface area contributed by atoms with E-state index in [9.17, 15) is 9.18 Å². The van der Waals surface area contributed by atoms with E-state index in [0.29, 0.717) is 16.1 Å². The molecule has 0 amide bonds. The smallest absolute Gasteiger partial charge is 0.337 e. The summed E-state index contributed by atoms with van der Waals surface area (Å²) in [4.78, 5) is 11.5. The third-order valence-corrected chi connectivity index (χ3v) is 3.71. The van der Waals surface area contributed by atoms with Gasteiger partial charge in [0.2, 0.25) is 0 Å². The molecule has 20 heavy (non-hydrogen) atoms. The van der Waals surface area contributed by atoms with Gasteiger partial charge in [-0.15, -0.1) is 0 Å². The van der Waals surface area contributed by atoms with Crippen molar-refractivity contribution in [1.82, 2.24) is 0 Å². The highest BCUT2D eigenvalue weighted by atomic mass is 35.5. The van der Waals surface area contributed by atoms with E-state index in [4.69, 9.17) is 23.2 Å². The van der Waals surface area contributed by atoms with Crippen molar-refractivity contribution in [2.24, 2.45) is 0 Å². The number of ether oxygens (including phenoxy) is 1. The Hall–Kier alpha value is -1.58. The standard InChI is InChI=1S/C15H11Cl2FO2/c1-20-15(19)10-4-2-3-9(7-10)8-11-13(18)6-5-12(16)14(11)17/h2-7H,8H2,1H3. The zero-order chi connectivity index (χ0) is 14.7. The van der Waals surface area contributed by atoms with Crippen LogP contribution >= 0.6 is 23.2 Å². The summed E-state index contributed by atoms with van der Waals surface area (Å²) < 4.78 is 18.5. The second-order valence-electron chi connectivity index (χ2n) is 4.19. The maximum absolute atomic E-state index is 13.8. The Balaban J connectivity index is 2.36. The highest BCUT2D eigenvalue weighted by molar-refractivity contribution is 6.42. The largest absolute Gasteiger partial charge is 0.465 e. The van der Waals surface area contributed by atoms with Crippen molar-refractivity contribution in [3.05, 3.63) is 69.0 Å². The minimum Gasteiger partial charge on any atom is -0.465 e. The average molecular weight is 313 g/mol. The van der Waals surface area contributed by atoms with Crippen molar-refractivity contribution >= 4 is 29.2 Å². The number of rotatable bonds is 3. The number of hydrogen-bond donors (Lipinski definition) is 0. The number of hydrogen-bond acceptors (Lipinski definition) is 2. The Morgan fingerprint density at radius 1 is 1.25 bits per heavy atom. The van der Waals surface area contributed by atoms with Crippen molar-refractivity contribution in [2.45, 2.75) is 6.42 Å². The molecule has 0 N–H and O–H groups in total. The monoisotopic (exact) mass is 312 g/mol. The lowest BCUT2D eigenvalue weighted by atomic mass is 10.0. The van der Waals surface area contributed by atoms with Crippen LogP contribution in [0.2, 0.25) is 10.0 Å². The number of halogens is 3. The summed E-state index contributed by atoms with van der Waals surface area (Å²) in [6.45, 7) is 0. The molecule has 0 fully saturated rings. The van der Waals surface area contributed by atoms with Crippen LogP contribution in [0.1, 0.15) is 21.5 Å². The molecule has 104 valence electrons. The van der Waals surface area contributed by atoms with Crippen molar-refractivity contribution in [3.63, 3.8) is 0 Å². The third kappa shape index (κ3) is 3.11. The van der Waals surface area contributed by atoms with E-state index >= 15 is 0 Å². The van der Waals surface area contributed by atoms with E-state index in [1.54, 1.807) is 24.3 Å². The van der Waals surface area contributed by atoms with Crippen LogP contribution in [0.15, 0.2) is 36.4 Å². The molecule has 0 aliphatic carbocycles. The lowest BCUT2D eigenvalue weighted by Crippen LogP contribution is -2.02. The summed E-state index contributed by atoms with van der Waals surface area (Å²) in [5.74, 6) is -0.868. The third-order valence-electron chi connectivity index (χ3n) is 2.87. The van der Waals surface area contributed by atoms with Crippen LogP contribution in [0.5, 0.6) is 0 Å². The summed E-state index contributed by atoms with van der Waals surface area (Å²) in [5.41, 5.74) is 1.46. The molecule has 0 saturated carbocycles. The number of carbonyl (C=O) groups excluding carboxylic acids is 1. The van der Waals surface area contributed by atoms with Gasteiger partial charge in [-0.2, -0.15) is 0 Å². The second-order valence-corrected chi connectivity index (χ2v) is 4.98. The first-order valence-corrected chi connectivity index (χ1v) is 6.58. The molecule has 2 rings (SSSR count). The topological polar surface area (TPSA) is 26.3 Å². The Morgan fingerprint density at radius 3 is 2.70 bits per heavy atom. The van der Waals surface area contributed by atoms with Gasteiger partial charge in [0.15, 0.2) is 0 Å². The highest BCUT2D eigenvalue weighted by Gasteiger charge is 2.13. The van der Waals surface area contributed by atoms with E-state index < -0.39 is 11.8 Å². The average Bonchev–Trinajstić information content (AvgIpc) is 2.47. The molecular weight excluding hydrogens is 302 g/mol. The molecule has 0 spiro atoms. The van der Waals surface area contributed by atoms with Crippen molar-refractivity contribution in [3.8, 4) is 0 Å². The summed E-state index contributed by atoms with van der Waals surface area (Å²) in [6.07, 6.45) is 0.246. The van der Waals surface area contributed by atoms with Gasteiger partial charge in [0.05, 0.1) is 22.7 Å². The number of carbonyl (C=O) groups is 1. The second kappa shape index (κ2) is 6.25. The molecule has 0 atom stereocenters. The molecule has 0 unspecified atom stereocenters. The summed E-state index contributed by atoms with van der Waals surface area (Å²) in [7, 11) is 1.31. The van der Waals surface area contributed by atoms with Gasteiger partial charge in [-0.3, -0.25) is 0 Å².